The number of rotatable bonds is 7. The third-order valence-electron chi connectivity index (χ3n) is 4.33. The summed E-state index contributed by atoms with van der Waals surface area (Å²) >= 11 is 6.07. The maximum atomic E-state index is 12.5. The van der Waals surface area contributed by atoms with Gasteiger partial charge < -0.3 is 20.1 Å². The van der Waals surface area contributed by atoms with E-state index in [2.05, 4.69) is 10.6 Å². The van der Waals surface area contributed by atoms with Gasteiger partial charge in [-0.25, -0.2) is 0 Å². The predicted octanol–water partition coefficient (Wildman–Crippen LogP) is 3.96. The molecule has 0 saturated heterocycles. The SMILES string of the molecule is CCOc1ccccc1NC(=O)C1CC1C(=O)Nc1ccc(OC)c(Cl)c1. The van der Waals surface area contributed by atoms with Gasteiger partial charge in [0.2, 0.25) is 11.8 Å². The summed E-state index contributed by atoms with van der Waals surface area (Å²) in [5, 5.41) is 6.05. The van der Waals surface area contributed by atoms with Crippen LogP contribution in [0.5, 0.6) is 11.5 Å². The molecular formula is C20H21ClN2O4. The fraction of sp³-hybridized carbons (Fsp3) is 0.300. The molecule has 2 unspecified atom stereocenters. The number of carbonyl (C=O) groups is 2. The van der Waals surface area contributed by atoms with Gasteiger partial charge in [0.15, 0.2) is 0 Å². The Kier molecular flexibility index (Phi) is 5.86. The number of carbonyl (C=O) groups excluding carboxylic acids is 2. The molecule has 0 spiro atoms. The van der Waals surface area contributed by atoms with Crippen LogP contribution >= 0.6 is 11.6 Å². The molecule has 0 aliphatic heterocycles. The lowest BCUT2D eigenvalue weighted by atomic mass is 10.2. The molecule has 1 aliphatic rings. The van der Waals surface area contributed by atoms with Gasteiger partial charge >= 0.3 is 0 Å². The molecule has 142 valence electrons. The number of nitrogens with one attached hydrogen (secondary N) is 2. The van der Waals surface area contributed by atoms with Gasteiger partial charge in [-0.2, -0.15) is 0 Å². The zero-order valence-electron chi connectivity index (χ0n) is 15.1. The van der Waals surface area contributed by atoms with Gasteiger partial charge in [-0.05, 0) is 43.7 Å². The van der Waals surface area contributed by atoms with Crippen molar-refractivity contribution < 1.29 is 19.1 Å². The molecule has 1 aliphatic carbocycles. The largest absolute Gasteiger partial charge is 0.495 e. The van der Waals surface area contributed by atoms with E-state index in [4.69, 9.17) is 21.1 Å². The fourth-order valence-corrected chi connectivity index (χ4v) is 3.09. The molecule has 3 rings (SSSR count). The second-order valence-corrected chi connectivity index (χ2v) is 6.61. The highest BCUT2D eigenvalue weighted by Gasteiger charge is 2.48. The van der Waals surface area contributed by atoms with Crippen LogP contribution in [0.2, 0.25) is 5.02 Å². The molecule has 2 aromatic rings. The van der Waals surface area contributed by atoms with Crippen LogP contribution < -0.4 is 20.1 Å². The van der Waals surface area contributed by atoms with E-state index in [0.29, 0.717) is 40.9 Å². The van der Waals surface area contributed by atoms with Crippen molar-refractivity contribution in [3.8, 4) is 11.5 Å². The van der Waals surface area contributed by atoms with Crippen molar-refractivity contribution in [2.75, 3.05) is 24.4 Å². The van der Waals surface area contributed by atoms with E-state index >= 15 is 0 Å². The summed E-state index contributed by atoms with van der Waals surface area (Å²) in [5.41, 5.74) is 1.18. The van der Waals surface area contributed by atoms with Crippen molar-refractivity contribution in [1.82, 2.24) is 0 Å². The minimum atomic E-state index is -0.356. The van der Waals surface area contributed by atoms with Crippen molar-refractivity contribution in [3.63, 3.8) is 0 Å². The Morgan fingerprint density at radius 2 is 1.78 bits per heavy atom. The normalized spacial score (nSPS) is 17.7. The van der Waals surface area contributed by atoms with E-state index in [1.54, 1.807) is 30.3 Å². The first kappa shape index (κ1) is 19.0. The zero-order chi connectivity index (χ0) is 19.4. The van der Waals surface area contributed by atoms with E-state index < -0.39 is 0 Å². The van der Waals surface area contributed by atoms with Gasteiger partial charge in [0.1, 0.15) is 11.5 Å². The van der Waals surface area contributed by atoms with E-state index in [-0.39, 0.29) is 23.7 Å². The quantitative estimate of drug-likeness (QED) is 0.752. The van der Waals surface area contributed by atoms with Crippen LogP contribution in [0.1, 0.15) is 13.3 Å². The Balaban J connectivity index is 1.58. The molecule has 2 aromatic carbocycles. The molecule has 0 radical (unpaired) electrons. The van der Waals surface area contributed by atoms with Crippen LogP contribution in [0.25, 0.3) is 0 Å². The van der Waals surface area contributed by atoms with E-state index in [0.717, 1.165) is 0 Å². The fourth-order valence-electron chi connectivity index (χ4n) is 2.83. The zero-order valence-corrected chi connectivity index (χ0v) is 15.9. The molecule has 7 heteroatoms. The monoisotopic (exact) mass is 388 g/mol. The number of hydrogen-bond acceptors (Lipinski definition) is 4. The highest BCUT2D eigenvalue weighted by molar-refractivity contribution is 6.32. The Hall–Kier alpha value is -2.73. The third-order valence-corrected chi connectivity index (χ3v) is 4.62. The summed E-state index contributed by atoms with van der Waals surface area (Å²) in [5.74, 6) is 0.0530. The number of ether oxygens (including phenoxy) is 2. The Bertz CT molecular complexity index is 856. The molecule has 1 saturated carbocycles. The smallest absolute Gasteiger partial charge is 0.228 e. The number of para-hydroxylation sites is 2. The lowest BCUT2D eigenvalue weighted by molar-refractivity contribution is -0.122. The van der Waals surface area contributed by atoms with E-state index in [9.17, 15) is 9.59 Å². The Labute approximate surface area is 162 Å². The second kappa shape index (κ2) is 8.31. The Morgan fingerprint density at radius 1 is 1.07 bits per heavy atom. The van der Waals surface area contributed by atoms with Crippen molar-refractivity contribution in [2.24, 2.45) is 11.8 Å². The van der Waals surface area contributed by atoms with Crippen LogP contribution in [0, 0.1) is 11.8 Å². The molecule has 0 bridgehead atoms. The summed E-state index contributed by atoms with van der Waals surface area (Å²) in [6.07, 6.45) is 0.512. The molecule has 27 heavy (non-hydrogen) atoms. The lowest BCUT2D eigenvalue weighted by Crippen LogP contribution is -2.20. The summed E-state index contributed by atoms with van der Waals surface area (Å²) in [6.45, 7) is 2.39. The van der Waals surface area contributed by atoms with Crippen LogP contribution in [-0.2, 0) is 9.59 Å². The lowest BCUT2D eigenvalue weighted by Gasteiger charge is -2.11. The molecule has 2 atom stereocenters. The van der Waals surface area contributed by atoms with Gasteiger partial charge in [-0.15, -0.1) is 0 Å². The number of anilines is 2. The van der Waals surface area contributed by atoms with Crippen LogP contribution in [0.15, 0.2) is 42.5 Å². The summed E-state index contributed by atoms with van der Waals surface area (Å²) in [4.78, 5) is 24.8. The molecule has 0 heterocycles. The maximum absolute atomic E-state index is 12.5. The van der Waals surface area contributed by atoms with E-state index in [1.807, 2.05) is 19.1 Å². The molecule has 0 aromatic heterocycles. The van der Waals surface area contributed by atoms with Crippen molar-refractivity contribution >= 4 is 34.8 Å². The average Bonchev–Trinajstić information content (AvgIpc) is 3.45. The first-order valence-corrected chi connectivity index (χ1v) is 9.08. The number of amides is 2. The van der Waals surface area contributed by atoms with Gasteiger partial charge in [-0.3, -0.25) is 9.59 Å². The maximum Gasteiger partial charge on any atom is 0.228 e. The van der Waals surface area contributed by atoms with Gasteiger partial charge in [-0.1, -0.05) is 23.7 Å². The van der Waals surface area contributed by atoms with Crippen molar-refractivity contribution in [2.45, 2.75) is 13.3 Å². The van der Waals surface area contributed by atoms with Gasteiger partial charge in [0.25, 0.3) is 0 Å². The molecular weight excluding hydrogens is 368 g/mol. The summed E-state index contributed by atoms with van der Waals surface area (Å²) in [7, 11) is 1.52. The summed E-state index contributed by atoms with van der Waals surface area (Å²) in [6, 6.07) is 12.2. The number of methoxy groups -OCH3 is 1. The van der Waals surface area contributed by atoms with Gasteiger partial charge in [0.05, 0.1) is 36.3 Å². The highest BCUT2D eigenvalue weighted by Crippen LogP contribution is 2.41. The molecule has 6 nitrogen and oxygen atoms in total. The number of halogens is 1. The first-order valence-electron chi connectivity index (χ1n) is 8.70. The highest BCUT2D eigenvalue weighted by atomic mass is 35.5. The minimum Gasteiger partial charge on any atom is -0.495 e. The predicted molar refractivity (Wildman–Crippen MR) is 104 cm³/mol. The summed E-state index contributed by atoms with van der Waals surface area (Å²) < 4.78 is 10.6. The Morgan fingerprint density at radius 3 is 2.44 bits per heavy atom. The van der Waals surface area contributed by atoms with E-state index in [1.165, 1.54) is 7.11 Å². The minimum absolute atomic E-state index is 0.185. The van der Waals surface area contributed by atoms with Crippen molar-refractivity contribution in [3.05, 3.63) is 47.5 Å². The number of benzene rings is 2. The molecule has 2 N–H and O–H groups in total. The van der Waals surface area contributed by atoms with Crippen LogP contribution in [0.4, 0.5) is 11.4 Å². The van der Waals surface area contributed by atoms with Crippen molar-refractivity contribution in [1.29, 1.82) is 0 Å². The topological polar surface area (TPSA) is 76.7 Å². The van der Waals surface area contributed by atoms with Gasteiger partial charge in [0, 0.05) is 5.69 Å². The number of hydrogen-bond donors (Lipinski definition) is 2. The van der Waals surface area contributed by atoms with Crippen LogP contribution in [0.3, 0.4) is 0 Å². The average molecular weight is 389 g/mol. The third kappa shape index (κ3) is 4.52. The second-order valence-electron chi connectivity index (χ2n) is 6.21. The standard InChI is InChI=1S/C20H21ClN2O4/c1-3-27-18-7-5-4-6-16(18)23-20(25)14-11-13(14)19(24)22-12-8-9-17(26-2)15(21)10-12/h4-10,13-14H,3,11H2,1-2H3,(H,22,24)(H,23,25). The van der Waals surface area contributed by atoms with Crippen LogP contribution in [-0.4, -0.2) is 25.5 Å². The first-order chi connectivity index (χ1) is 13.0. The molecule has 1 fully saturated rings. The molecule has 2 amide bonds.